The number of benzene rings is 2. The molecule has 4 N–H and O–H groups in total. The second-order valence-corrected chi connectivity index (χ2v) is 11.4. The van der Waals surface area contributed by atoms with Crippen LogP contribution in [0.4, 0.5) is 21.6 Å². The molecule has 234 valence electrons. The highest BCUT2D eigenvalue weighted by molar-refractivity contribution is 7.46. The number of nitrogens with zero attached hydrogens (tertiary/aromatic N) is 5. The van der Waals surface area contributed by atoms with Crippen LogP contribution in [0.15, 0.2) is 55.1 Å². The van der Waals surface area contributed by atoms with Crippen LogP contribution in [0.1, 0.15) is 19.3 Å². The molecule has 1 aliphatic heterocycles. The Bertz CT molecular complexity index is 1650. The molecule has 44 heavy (non-hydrogen) atoms. The van der Waals surface area contributed by atoms with E-state index in [2.05, 4.69) is 30.6 Å². The summed E-state index contributed by atoms with van der Waals surface area (Å²) in [5.74, 6) is 0.715. The van der Waals surface area contributed by atoms with E-state index in [-0.39, 0.29) is 25.1 Å². The van der Waals surface area contributed by atoms with Crippen molar-refractivity contribution in [1.82, 2.24) is 24.6 Å². The molecule has 2 aromatic heterocycles. The number of anilines is 3. The third-order valence-electron chi connectivity index (χ3n) is 7.01. The van der Waals surface area contributed by atoms with Crippen molar-refractivity contribution in [3.8, 4) is 11.5 Å². The van der Waals surface area contributed by atoms with Crippen molar-refractivity contribution in [3.05, 3.63) is 60.9 Å². The van der Waals surface area contributed by atoms with E-state index in [1.54, 1.807) is 37.7 Å². The summed E-state index contributed by atoms with van der Waals surface area (Å²) >= 11 is 0. The number of phosphoric acid groups is 1. The number of hydrogen-bond acceptors (Lipinski definition) is 10. The van der Waals surface area contributed by atoms with Gasteiger partial charge in [0.15, 0.2) is 11.5 Å². The Labute approximate surface area is 252 Å². The number of phosphoric ester groups is 1. The molecule has 3 heterocycles. The van der Waals surface area contributed by atoms with Crippen LogP contribution in [0.2, 0.25) is 0 Å². The molecule has 16 heteroatoms. The second kappa shape index (κ2) is 14.1. The van der Waals surface area contributed by atoms with Crippen molar-refractivity contribution in [2.24, 2.45) is 0 Å². The van der Waals surface area contributed by atoms with Gasteiger partial charge in [-0.1, -0.05) is 6.07 Å². The Morgan fingerprint density at radius 1 is 1.18 bits per heavy atom. The number of carbonyl (C=O) groups is 1. The second-order valence-electron chi connectivity index (χ2n) is 10.2. The summed E-state index contributed by atoms with van der Waals surface area (Å²) in [6.07, 6.45) is 7.08. The number of fused-ring (bicyclic) bond motifs is 1. The van der Waals surface area contributed by atoms with E-state index in [0.29, 0.717) is 59.2 Å². The molecule has 0 spiro atoms. The van der Waals surface area contributed by atoms with Crippen molar-refractivity contribution in [2.45, 2.75) is 31.8 Å². The molecule has 1 fully saturated rings. The summed E-state index contributed by atoms with van der Waals surface area (Å²) in [6.45, 7) is 1.85. The first kappa shape index (κ1) is 31.3. The predicted molar refractivity (Wildman–Crippen MR) is 159 cm³/mol. The number of nitrogens with one attached hydrogen (secondary N) is 2. The molecule has 0 aliphatic carbocycles. The maximum atomic E-state index is 13.4. The molecule has 1 saturated heterocycles. The lowest BCUT2D eigenvalue weighted by Gasteiger charge is -2.24. The molecule has 1 atom stereocenters. The average molecular weight is 630 g/mol. The Balaban J connectivity index is 1.18. The minimum absolute atomic E-state index is 0.00755. The zero-order valence-electron chi connectivity index (χ0n) is 23.9. The quantitative estimate of drug-likeness (QED) is 0.118. The van der Waals surface area contributed by atoms with E-state index in [4.69, 9.17) is 23.8 Å². The third-order valence-corrected chi connectivity index (χ3v) is 7.50. The summed E-state index contributed by atoms with van der Waals surface area (Å²) in [6, 6.07) is 9.16. The summed E-state index contributed by atoms with van der Waals surface area (Å²) in [7, 11) is -2.95. The van der Waals surface area contributed by atoms with Gasteiger partial charge in [-0.05, 0) is 50.1 Å². The fourth-order valence-corrected chi connectivity index (χ4v) is 5.38. The Hall–Kier alpha value is -4.14. The fraction of sp³-hybridized carbons (Fsp3) is 0.357. The standard InChI is InChI=1S/C28H33FN7O7P/c1-41-25-12-23-24(13-26(25)42-10-4-9-35-8-3-7-22(35)17-43-44(38,39)40)30-18-31-28(23)34-21-14-32-36(15-21)16-27(37)33-20-6-2-5-19(29)11-20/h2,5-6,11-15,18,22H,3-4,7-10,16-17H2,1H3,(H,33,37)(H,30,31,34)(H2,38,39,40)/t22-/m1/s1. The topological polar surface area (TPSA) is 173 Å². The summed E-state index contributed by atoms with van der Waals surface area (Å²) in [4.78, 5) is 41.3. The molecular weight excluding hydrogens is 596 g/mol. The van der Waals surface area contributed by atoms with Gasteiger partial charge >= 0.3 is 7.82 Å². The van der Waals surface area contributed by atoms with Gasteiger partial charge < -0.3 is 29.9 Å². The van der Waals surface area contributed by atoms with Crippen LogP contribution in [-0.2, 0) is 20.4 Å². The zero-order chi connectivity index (χ0) is 31.1. The molecule has 0 unspecified atom stereocenters. The summed E-state index contributed by atoms with van der Waals surface area (Å²) < 4.78 is 42.2. The smallest absolute Gasteiger partial charge is 0.469 e. The largest absolute Gasteiger partial charge is 0.493 e. The van der Waals surface area contributed by atoms with Crippen molar-refractivity contribution in [3.63, 3.8) is 0 Å². The number of aromatic nitrogens is 4. The zero-order valence-corrected chi connectivity index (χ0v) is 24.8. The maximum absolute atomic E-state index is 13.4. The monoisotopic (exact) mass is 629 g/mol. The molecule has 14 nitrogen and oxygen atoms in total. The number of amides is 1. The van der Waals surface area contributed by atoms with Gasteiger partial charge in [0.1, 0.15) is 24.5 Å². The van der Waals surface area contributed by atoms with Crippen LogP contribution in [0.3, 0.4) is 0 Å². The SMILES string of the molecule is COc1cc2c(Nc3cnn(CC(=O)Nc4cccc(F)c4)c3)ncnc2cc1OCCCN1CCC[C@@H]1COP(=O)(O)O. The van der Waals surface area contributed by atoms with Gasteiger partial charge in [0.05, 0.1) is 37.7 Å². The highest BCUT2D eigenvalue weighted by Gasteiger charge is 2.27. The molecular formula is C28H33FN7O7P. The van der Waals surface area contributed by atoms with Gasteiger partial charge in [-0.15, -0.1) is 0 Å². The first-order valence-corrected chi connectivity index (χ1v) is 15.4. The van der Waals surface area contributed by atoms with Crippen LogP contribution >= 0.6 is 7.82 Å². The number of methoxy groups -OCH3 is 1. The minimum Gasteiger partial charge on any atom is -0.493 e. The molecule has 0 radical (unpaired) electrons. The van der Waals surface area contributed by atoms with Crippen LogP contribution in [0, 0.1) is 5.82 Å². The lowest BCUT2D eigenvalue weighted by Crippen LogP contribution is -2.34. The molecule has 0 saturated carbocycles. The Morgan fingerprint density at radius 3 is 2.84 bits per heavy atom. The van der Waals surface area contributed by atoms with Gasteiger partial charge in [-0.2, -0.15) is 5.10 Å². The van der Waals surface area contributed by atoms with E-state index < -0.39 is 13.6 Å². The minimum atomic E-state index is -4.49. The van der Waals surface area contributed by atoms with Crippen LogP contribution in [0.5, 0.6) is 11.5 Å². The molecule has 4 aromatic rings. The lowest BCUT2D eigenvalue weighted by atomic mass is 10.2. The Kier molecular flexibility index (Phi) is 10.0. The summed E-state index contributed by atoms with van der Waals surface area (Å²) in [5.41, 5.74) is 1.57. The van der Waals surface area contributed by atoms with Gasteiger partial charge in [0, 0.05) is 35.9 Å². The van der Waals surface area contributed by atoms with Crippen LogP contribution < -0.4 is 20.1 Å². The van der Waals surface area contributed by atoms with Crippen molar-refractivity contribution in [1.29, 1.82) is 0 Å². The van der Waals surface area contributed by atoms with Gasteiger partial charge in [0.25, 0.3) is 0 Å². The third kappa shape index (κ3) is 8.49. The van der Waals surface area contributed by atoms with Gasteiger partial charge in [0.2, 0.25) is 5.91 Å². The number of halogens is 1. The van der Waals surface area contributed by atoms with Crippen LogP contribution in [0.25, 0.3) is 10.9 Å². The van der Waals surface area contributed by atoms with Crippen LogP contribution in [-0.4, -0.2) is 79.8 Å². The normalized spacial score (nSPS) is 15.4. The molecule has 0 bridgehead atoms. The van der Waals surface area contributed by atoms with E-state index >= 15 is 0 Å². The maximum Gasteiger partial charge on any atom is 0.469 e. The number of hydrogen-bond donors (Lipinski definition) is 4. The first-order valence-electron chi connectivity index (χ1n) is 13.9. The molecule has 2 aromatic carbocycles. The summed E-state index contributed by atoms with van der Waals surface area (Å²) in [5, 5.41) is 10.7. The lowest BCUT2D eigenvalue weighted by molar-refractivity contribution is -0.116. The Morgan fingerprint density at radius 2 is 2.05 bits per heavy atom. The fourth-order valence-electron chi connectivity index (χ4n) is 5.01. The van der Waals surface area contributed by atoms with E-state index in [0.717, 1.165) is 19.4 Å². The predicted octanol–water partition coefficient (Wildman–Crippen LogP) is 3.70. The molecule has 1 aliphatic rings. The van der Waals surface area contributed by atoms with E-state index in [1.807, 2.05) is 0 Å². The number of carbonyl (C=O) groups excluding carboxylic acids is 1. The molecule has 5 rings (SSSR count). The van der Waals surface area contributed by atoms with Crippen molar-refractivity contribution in [2.75, 3.05) is 44.0 Å². The van der Waals surface area contributed by atoms with Crippen molar-refractivity contribution >= 4 is 41.8 Å². The van der Waals surface area contributed by atoms with Gasteiger partial charge in [-0.25, -0.2) is 18.9 Å². The highest BCUT2D eigenvalue weighted by atomic mass is 31.2. The van der Waals surface area contributed by atoms with Gasteiger partial charge in [-0.3, -0.25) is 18.9 Å². The number of ether oxygens (including phenoxy) is 2. The highest BCUT2D eigenvalue weighted by Crippen LogP contribution is 2.37. The number of likely N-dealkylation sites (tertiary alicyclic amines) is 1. The average Bonchev–Trinajstić information content (AvgIpc) is 3.62. The first-order chi connectivity index (χ1) is 21.2. The van der Waals surface area contributed by atoms with E-state index in [1.165, 1.54) is 29.2 Å². The van der Waals surface area contributed by atoms with Crippen molar-refractivity contribution < 1.29 is 37.5 Å². The number of rotatable bonds is 14. The van der Waals surface area contributed by atoms with E-state index in [9.17, 15) is 13.8 Å². The molecule has 1 amide bonds.